The van der Waals surface area contributed by atoms with Crippen molar-refractivity contribution >= 4 is 18.3 Å². The minimum absolute atomic E-state index is 0. The molecule has 1 unspecified atom stereocenters. The van der Waals surface area contributed by atoms with Crippen LogP contribution < -0.4 is 5.73 Å². The van der Waals surface area contributed by atoms with Crippen LogP contribution in [0, 0.1) is 0 Å². The van der Waals surface area contributed by atoms with Gasteiger partial charge in [-0.05, 0) is 24.8 Å². The maximum atomic E-state index is 12.6. The SMILES string of the molecule is COCC(N)C(=O)N(CCc1ccccc1)C1CCCC1.Cl. The van der Waals surface area contributed by atoms with E-state index in [0.717, 1.165) is 25.8 Å². The number of amides is 1. The van der Waals surface area contributed by atoms with E-state index in [-0.39, 0.29) is 24.9 Å². The third kappa shape index (κ3) is 5.27. The lowest BCUT2D eigenvalue weighted by Gasteiger charge is -2.31. The molecular weight excluding hydrogens is 300 g/mol. The van der Waals surface area contributed by atoms with Gasteiger partial charge in [-0.2, -0.15) is 0 Å². The lowest BCUT2D eigenvalue weighted by atomic mass is 10.1. The Morgan fingerprint density at radius 3 is 2.55 bits per heavy atom. The molecule has 22 heavy (non-hydrogen) atoms. The van der Waals surface area contributed by atoms with Crippen molar-refractivity contribution in [2.45, 2.75) is 44.2 Å². The highest BCUT2D eigenvalue weighted by atomic mass is 35.5. The van der Waals surface area contributed by atoms with E-state index in [1.54, 1.807) is 7.11 Å². The number of hydrogen-bond acceptors (Lipinski definition) is 3. The van der Waals surface area contributed by atoms with Crippen LogP contribution in [0.4, 0.5) is 0 Å². The second kappa shape index (κ2) is 9.82. The van der Waals surface area contributed by atoms with Crippen molar-refractivity contribution in [3.63, 3.8) is 0 Å². The highest BCUT2D eigenvalue weighted by Crippen LogP contribution is 2.24. The average Bonchev–Trinajstić information content (AvgIpc) is 3.03. The quantitative estimate of drug-likeness (QED) is 0.837. The first kappa shape index (κ1) is 18.9. The van der Waals surface area contributed by atoms with Gasteiger partial charge in [-0.1, -0.05) is 43.2 Å². The maximum Gasteiger partial charge on any atom is 0.242 e. The molecular formula is C17H27ClN2O2. The fourth-order valence-electron chi connectivity index (χ4n) is 3.05. The van der Waals surface area contributed by atoms with E-state index >= 15 is 0 Å². The van der Waals surface area contributed by atoms with Gasteiger partial charge < -0.3 is 15.4 Å². The van der Waals surface area contributed by atoms with Gasteiger partial charge >= 0.3 is 0 Å². The molecule has 0 spiro atoms. The fraction of sp³-hybridized carbons (Fsp3) is 0.588. The molecule has 1 aliphatic rings. The minimum Gasteiger partial charge on any atom is -0.383 e. The summed E-state index contributed by atoms with van der Waals surface area (Å²) >= 11 is 0. The summed E-state index contributed by atoms with van der Waals surface area (Å²) in [6.45, 7) is 1.03. The lowest BCUT2D eigenvalue weighted by molar-refractivity contribution is -0.136. The van der Waals surface area contributed by atoms with Gasteiger partial charge in [0, 0.05) is 19.7 Å². The molecule has 1 aromatic rings. The molecule has 0 heterocycles. The van der Waals surface area contributed by atoms with Crippen LogP contribution in [0.25, 0.3) is 0 Å². The maximum absolute atomic E-state index is 12.6. The summed E-state index contributed by atoms with van der Waals surface area (Å²) in [6.07, 6.45) is 5.49. The van der Waals surface area contributed by atoms with Crippen molar-refractivity contribution in [1.82, 2.24) is 4.90 Å². The highest BCUT2D eigenvalue weighted by Gasteiger charge is 2.29. The van der Waals surface area contributed by atoms with Crippen LogP contribution in [0.15, 0.2) is 30.3 Å². The van der Waals surface area contributed by atoms with Crippen LogP contribution in [-0.4, -0.2) is 43.2 Å². The molecule has 1 aliphatic carbocycles. The van der Waals surface area contributed by atoms with Gasteiger partial charge in [0.1, 0.15) is 6.04 Å². The normalized spacial score (nSPS) is 16.1. The molecule has 0 aromatic heterocycles. The Balaban J connectivity index is 0.00000242. The van der Waals surface area contributed by atoms with Gasteiger partial charge in [-0.25, -0.2) is 0 Å². The zero-order valence-electron chi connectivity index (χ0n) is 13.2. The Labute approximate surface area is 139 Å². The van der Waals surface area contributed by atoms with Crippen LogP contribution >= 0.6 is 12.4 Å². The number of hydrogen-bond donors (Lipinski definition) is 1. The third-order valence-corrected chi connectivity index (χ3v) is 4.20. The number of benzene rings is 1. The lowest BCUT2D eigenvalue weighted by Crippen LogP contribution is -2.50. The van der Waals surface area contributed by atoms with Gasteiger partial charge in [-0.15, -0.1) is 12.4 Å². The van der Waals surface area contributed by atoms with E-state index in [1.165, 1.54) is 18.4 Å². The molecule has 0 radical (unpaired) electrons. The fourth-order valence-corrected chi connectivity index (χ4v) is 3.05. The summed E-state index contributed by atoms with van der Waals surface area (Å²) in [6, 6.07) is 10.1. The Bertz CT molecular complexity index is 436. The second-order valence-electron chi connectivity index (χ2n) is 5.77. The number of halogens is 1. The first-order valence-electron chi connectivity index (χ1n) is 7.81. The standard InChI is InChI=1S/C17H26N2O2.ClH/c1-21-13-16(18)17(20)19(15-9-5-6-10-15)12-11-14-7-3-2-4-8-14;/h2-4,7-8,15-16H,5-6,9-13,18H2,1H3;1H. The summed E-state index contributed by atoms with van der Waals surface area (Å²) < 4.78 is 5.03. The molecule has 1 aromatic carbocycles. The number of carbonyl (C=O) groups excluding carboxylic acids is 1. The molecule has 1 saturated carbocycles. The Morgan fingerprint density at radius 2 is 1.95 bits per heavy atom. The topological polar surface area (TPSA) is 55.6 Å². The molecule has 2 rings (SSSR count). The highest BCUT2D eigenvalue weighted by molar-refractivity contribution is 5.85. The molecule has 2 N–H and O–H groups in total. The van der Waals surface area contributed by atoms with E-state index in [1.807, 2.05) is 23.1 Å². The van der Waals surface area contributed by atoms with E-state index in [0.29, 0.717) is 6.04 Å². The molecule has 0 aliphatic heterocycles. The average molecular weight is 327 g/mol. The van der Waals surface area contributed by atoms with Crippen molar-refractivity contribution in [2.75, 3.05) is 20.3 Å². The van der Waals surface area contributed by atoms with Crippen molar-refractivity contribution < 1.29 is 9.53 Å². The molecule has 1 amide bonds. The summed E-state index contributed by atoms with van der Waals surface area (Å²) in [7, 11) is 1.58. The monoisotopic (exact) mass is 326 g/mol. The Kier molecular flexibility index (Phi) is 8.46. The Morgan fingerprint density at radius 1 is 1.32 bits per heavy atom. The van der Waals surface area contributed by atoms with Crippen LogP contribution in [0.2, 0.25) is 0 Å². The largest absolute Gasteiger partial charge is 0.383 e. The molecule has 0 saturated heterocycles. The molecule has 1 fully saturated rings. The van der Waals surface area contributed by atoms with Gasteiger partial charge in [0.2, 0.25) is 5.91 Å². The number of nitrogens with two attached hydrogens (primary N) is 1. The number of nitrogens with zero attached hydrogens (tertiary/aromatic N) is 1. The zero-order valence-corrected chi connectivity index (χ0v) is 14.1. The predicted octanol–water partition coefficient (Wildman–Crippen LogP) is 2.40. The van der Waals surface area contributed by atoms with Crippen molar-refractivity contribution in [3.8, 4) is 0 Å². The van der Waals surface area contributed by atoms with Crippen molar-refractivity contribution in [1.29, 1.82) is 0 Å². The van der Waals surface area contributed by atoms with Crippen LogP contribution in [-0.2, 0) is 16.0 Å². The van der Waals surface area contributed by atoms with Gasteiger partial charge in [-0.3, -0.25) is 4.79 Å². The van der Waals surface area contributed by atoms with E-state index in [4.69, 9.17) is 10.5 Å². The minimum atomic E-state index is -0.550. The second-order valence-corrected chi connectivity index (χ2v) is 5.77. The summed E-state index contributed by atoms with van der Waals surface area (Å²) in [4.78, 5) is 14.6. The van der Waals surface area contributed by atoms with Gasteiger partial charge in [0.25, 0.3) is 0 Å². The van der Waals surface area contributed by atoms with Crippen LogP contribution in [0.5, 0.6) is 0 Å². The number of carbonyl (C=O) groups is 1. The van der Waals surface area contributed by atoms with Gasteiger partial charge in [0.05, 0.1) is 6.61 Å². The van der Waals surface area contributed by atoms with E-state index < -0.39 is 6.04 Å². The summed E-state index contributed by atoms with van der Waals surface area (Å²) in [5.41, 5.74) is 7.21. The smallest absolute Gasteiger partial charge is 0.242 e. The first-order chi connectivity index (χ1) is 10.2. The van der Waals surface area contributed by atoms with Crippen molar-refractivity contribution in [2.24, 2.45) is 5.73 Å². The molecule has 0 bridgehead atoms. The number of rotatable bonds is 7. The van der Waals surface area contributed by atoms with E-state index in [2.05, 4.69) is 12.1 Å². The Hall–Kier alpha value is -1.10. The summed E-state index contributed by atoms with van der Waals surface area (Å²) in [5.74, 6) is 0.0275. The van der Waals surface area contributed by atoms with Crippen molar-refractivity contribution in [3.05, 3.63) is 35.9 Å². The molecule has 4 nitrogen and oxygen atoms in total. The number of ether oxygens (including phenoxy) is 1. The van der Waals surface area contributed by atoms with E-state index in [9.17, 15) is 4.79 Å². The number of methoxy groups -OCH3 is 1. The van der Waals surface area contributed by atoms with Crippen LogP contribution in [0.3, 0.4) is 0 Å². The zero-order chi connectivity index (χ0) is 15.1. The molecule has 1 atom stereocenters. The summed E-state index contributed by atoms with van der Waals surface area (Å²) in [5, 5.41) is 0. The molecule has 124 valence electrons. The first-order valence-corrected chi connectivity index (χ1v) is 7.81. The van der Waals surface area contributed by atoms with Gasteiger partial charge in [0.15, 0.2) is 0 Å². The third-order valence-electron chi connectivity index (χ3n) is 4.20. The van der Waals surface area contributed by atoms with Crippen LogP contribution in [0.1, 0.15) is 31.2 Å². The molecule has 5 heteroatoms. The predicted molar refractivity (Wildman–Crippen MR) is 91.2 cm³/mol.